The SMILES string of the molecule is CN(Cc1ccc2c(c1)OCO2)c1ncc(C(=O)N2CCCCC2)cc1Cl. The maximum Gasteiger partial charge on any atom is 0.255 e. The van der Waals surface area contributed by atoms with Gasteiger partial charge in [-0.25, -0.2) is 4.98 Å². The zero-order valence-corrected chi connectivity index (χ0v) is 16.0. The molecule has 4 rings (SSSR count). The Kier molecular flexibility index (Phi) is 5.07. The smallest absolute Gasteiger partial charge is 0.255 e. The molecule has 0 bridgehead atoms. The molecular weight excluding hydrogens is 366 g/mol. The Morgan fingerprint density at radius 1 is 1.19 bits per heavy atom. The molecular formula is C20H22ClN3O3. The summed E-state index contributed by atoms with van der Waals surface area (Å²) < 4.78 is 10.8. The number of hydrogen-bond donors (Lipinski definition) is 0. The fourth-order valence-corrected chi connectivity index (χ4v) is 3.81. The summed E-state index contributed by atoms with van der Waals surface area (Å²) in [4.78, 5) is 20.9. The summed E-state index contributed by atoms with van der Waals surface area (Å²) in [6.07, 6.45) is 4.92. The van der Waals surface area contributed by atoms with Crippen LogP contribution in [0.5, 0.6) is 11.5 Å². The summed E-state index contributed by atoms with van der Waals surface area (Å²) in [5, 5.41) is 0.473. The van der Waals surface area contributed by atoms with Crippen molar-refractivity contribution in [3.8, 4) is 11.5 Å². The van der Waals surface area contributed by atoms with Gasteiger partial charge in [0, 0.05) is 32.9 Å². The van der Waals surface area contributed by atoms with Crippen LogP contribution in [0.1, 0.15) is 35.2 Å². The Bertz CT molecular complexity index is 852. The summed E-state index contributed by atoms with van der Waals surface area (Å²) in [7, 11) is 1.92. The predicted octanol–water partition coefficient (Wildman–Crippen LogP) is 3.73. The topological polar surface area (TPSA) is 54.9 Å². The van der Waals surface area contributed by atoms with Gasteiger partial charge in [-0.05, 0) is 43.0 Å². The number of likely N-dealkylation sites (tertiary alicyclic amines) is 1. The molecule has 142 valence electrons. The van der Waals surface area contributed by atoms with E-state index < -0.39 is 0 Å². The number of ether oxygens (including phenoxy) is 2. The van der Waals surface area contributed by atoms with E-state index in [1.54, 1.807) is 12.3 Å². The number of amides is 1. The molecule has 0 atom stereocenters. The zero-order chi connectivity index (χ0) is 18.8. The molecule has 1 saturated heterocycles. The number of piperidine rings is 1. The van der Waals surface area contributed by atoms with Gasteiger partial charge in [-0.15, -0.1) is 0 Å². The lowest BCUT2D eigenvalue weighted by molar-refractivity contribution is 0.0724. The van der Waals surface area contributed by atoms with Gasteiger partial charge in [0.25, 0.3) is 5.91 Å². The molecule has 7 heteroatoms. The molecule has 3 heterocycles. The summed E-state index contributed by atoms with van der Waals surface area (Å²) in [5.74, 6) is 2.17. The third kappa shape index (κ3) is 3.81. The first-order valence-corrected chi connectivity index (χ1v) is 9.54. The van der Waals surface area contributed by atoms with Crippen LogP contribution in [0, 0.1) is 0 Å². The minimum Gasteiger partial charge on any atom is -0.454 e. The van der Waals surface area contributed by atoms with Crippen LogP contribution in [0.15, 0.2) is 30.5 Å². The van der Waals surface area contributed by atoms with Crippen molar-refractivity contribution in [1.29, 1.82) is 0 Å². The molecule has 0 radical (unpaired) electrons. The number of rotatable bonds is 4. The number of fused-ring (bicyclic) bond motifs is 1. The second-order valence-corrected chi connectivity index (χ2v) is 7.33. The van der Waals surface area contributed by atoms with Gasteiger partial charge >= 0.3 is 0 Å². The fourth-order valence-electron chi connectivity index (χ4n) is 3.50. The quantitative estimate of drug-likeness (QED) is 0.800. The maximum atomic E-state index is 12.6. The van der Waals surface area contributed by atoms with E-state index in [0.29, 0.717) is 22.9 Å². The predicted molar refractivity (Wildman–Crippen MR) is 104 cm³/mol. The van der Waals surface area contributed by atoms with Crippen molar-refractivity contribution in [2.45, 2.75) is 25.8 Å². The van der Waals surface area contributed by atoms with E-state index in [4.69, 9.17) is 21.1 Å². The van der Waals surface area contributed by atoms with E-state index in [2.05, 4.69) is 4.98 Å². The molecule has 0 saturated carbocycles. The van der Waals surface area contributed by atoms with E-state index in [1.165, 1.54) is 6.42 Å². The molecule has 2 aliphatic rings. The summed E-state index contributed by atoms with van der Waals surface area (Å²) in [6.45, 7) is 2.49. The van der Waals surface area contributed by atoms with Crippen molar-refractivity contribution >= 4 is 23.3 Å². The van der Waals surface area contributed by atoms with Crippen molar-refractivity contribution in [1.82, 2.24) is 9.88 Å². The molecule has 0 unspecified atom stereocenters. The average Bonchev–Trinajstić information content (AvgIpc) is 3.15. The monoisotopic (exact) mass is 387 g/mol. The van der Waals surface area contributed by atoms with Crippen molar-refractivity contribution in [3.05, 3.63) is 46.6 Å². The molecule has 0 spiro atoms. The third-order valence-corrected chi connectivity index (χ3v) is 5.21. The van der Waals surface area contributed by atoms with Gasteiger partial charge < -0.3 is 19.3 Å². The van der Waals surface area contributed by atoms with Crippen molar-refractivity contribution in [2.24, 2.45) is 0 Å². The number of aromatic nitrogens is 1. The van der Waals surface area contributed by atoms with Crippen molar-refractivity contribution in [3.63, 3.8) is 0 Å². The first-order valence-electron chi connectivity index (χ1n) is 9.16. The first-order chi connectivity index (χ1) is 13.1. The van der Waals surface area contributed by atoms with Crippen LogP contribution in [-0.2, 0) is 6.54 Å². The number of hydrogen-bond acceptors (Lipinski definition) is 5. The minimum atomic E-state index is 0.00840. The lowest BCUT2D eigenvalue weighted by Gasteiger charge is -2.27. The van der Waals surface area contributed by atoms with Gasteiger partial charge in [0.2, 0.25) is 6.79 Å². The Balaban J connectivity index is 1.47. The highest BCUT2D eigenvalue weighted by atomic mass is 35.5. The van der Waals surface area contributed by atoms with Gasteiger partial charge in [0.1, 0.15) is 5.82 Å². The normalized spacial score (nSPS) is 15.7. The Labute approximate surface area is 163 Å². The maximum absolute atomic E-state index is 12.6. The van der Waals surface area contributed by atoms with Crippen LogP contribution >= 0.6 is 11.6 Å². The Morgan fingerprint density at radius 2 is 1.96 bits per heavy atom. The third-order valence-electron chi connectivity index (χ3n) is 4.93. The molecule has 2 aromatic rings. The Morgan fingerprint density at radius 3 is 2.74 bits per heavy atom. The molecule has 2 aliphatic heterocycles. The van der Waals surface area contributed by atoms with Crippen LogP contribution in [0.4, 0.5) is 5.82 Å². The highest BCUT2D eigenvalue weighted by molar-refractivity contribution is 6.33. The number of benzene rings is 1. The number of nitrogens with zero attached hydrogens (tertiary/aromatic N) is 3. The summed E-state index contributed by atoms with van der Waals surface area (Å²) in [5.41, 5.74) is 1.61. The molecule has 6 nitrogen and oxygen atoms in total. The van der Waals surface area contributed by atoms with Crippen molar-refractivity contribution < 1.29 is 14.3 Å². The van der Waals surface area contributed by atoms with Gasteiger partial charge in [-0.1, -0.05) is 17.7 Å². The highest BCUT2D eigenvalue weighted by Gasteiger charge is 2.20. The lowest BCUT2D eigenvalue weighted by atomic mass is 10.1. The van der Waals surface area contributed by atoms with E-state index in [9.17, 15) is 4.79 Å². The highest BCUT2D eigenvalue weighted by Crippen LogP contribution is 2.33. The molecule has 1 fully saturated rings. The number of pyridine rings is 1. The molecule has 1 aromatic carbocycles. The lowest BCUT2D eigenvalue weighted by Crippen LogP contribution is -2.35. The summed E-state index contributed by atoms with van der Waals surface area (Å²) in [6, 6.07) is 7.57. The Hall–Kier alpha value is -2.47. The van der Waals surface area contributed by atoms with Crippen LogP contribution in [0.3, 0.4) is 0 Å². The van der Waals surface area contributed by atoms with Crippen LogP contribution < -0.4 is 14.4 Å². The van der Waals surface area contributed by atoms with Crippen molar-refractivity contribution in [2.75, 3.05) is 31.8 Å². The van der Waals surface area contributed by atoms with Crippen LogP contribution in [0.25, 0.3) is 0 Å². The molecule has 27 heavy (non-hydrogen) atoms. The largest absolute Gasteiger partial charge is 0.454 e. The number of anilines is 1. The number of halogens is 1. The zero-order valence-electron chi connectivity index (χ0n) is 15.3. The second kappa shape index (κ2) is 7.64. The molecule has 0 N–H and O–H groups in total. The molecule has 1 amide bonds. The number of carbonyl (C=O) groups is 1. The van der Waals surface area contributed by atoms with Gasteiger partial charge in [-0.3, -0.25) is 4.79 Å². The first kappa shape index (κ1) is 17.9. The van der Waals surface area contributed by atoms with E-state index in [-0.39, 0.29) is 12.7 Å². The van der Waals surface area contributed by atoms with E-state index in [0.717, 1.165) is 43.0 Å². The molecule has 1 aromatic heterocycles. The van der Waals surface area contributed by atoms with Gasteiger partial charge in [0.05, 0.1) is 10.6 Å². The van der Waals surface area contributed by atoms with Crippen LogP contribution in [0.2, 0.25) is 5.02 Å². The molecule has 0 aliphatic carbocycles. The van der Waals surface area contributed by atoms with E-state index in [1.807, 2.05) is 35.0 Å². The second-order valence-electron chi connectivity index (χ2n) is 6.93. The standard InChI is InChI=1S/C20H22ClN3O3/c1-23(12-14-5-6-17-18(9-14)27-13-26-17)19-16(21)10-15(11-22-19)20(25)24-7-3-2-4-8-24/h5-6,9-11H,2-4,7-8,12-13H2,1H3. The summed E-state index contributed by atoms with van der Waals surface area (Å²) >= 11 is 6.45. The number of carbonyl (C=O) groups excluding carboxylic acids is 1. The van der Waals surface area contributed by atoms with Gasteiger partial charge in [0.15, 0.2) is 11.5 Å². The van der Waals surface area contributed by atoms with E-state index >= 15 is 0 Å². The average molecular weight is 388 g/mol. The van der Waals surface area contributed by atoms with Crippen LogP contribution in [-0.4, -0.2) is 42.7 Å². The van der Waals surface area contributed by atoms with Gasteiger partial charge in [-0.2, -0.15) is 0 Å². The fraction of sp³-hybridized carbons (Fsp3) is 0.400. The minimum absolute atomic E-state index is 0.00840.